The topological polar surface area (TPSA) is 44.8 Å². The molecule has 0 N–H and O–H groups in total. The van der Waals surface area contributed by atoms with Gasteiger partial charge in [0.2, 0.25) is 0 Å². The average molecular weight is 391 g/mol. The molecule has 2 rings (SSSR count). The van der Waals surface area contributed by atoms with E-state index in [2.05, 4.69) is 15.9 Å². The fourth-order valence-corrected chi connectivity index (χ4v) is 2.26. The van der Waals surface area contributed by atoms with E-state index < -0.39 is 0 Å². The molecule has 0 unspecified atom stereocenters. The average Bonchev–Trinajstić information content (AvgIpc) is 2.64. The number of halogens is 1. The first-order chi connectivity index (χ1) is 11.7. The summed E-state index contributed by atoms with van der Waals surface area (Å²) < 4.78 is 15.9. The molecule has 4 nitrogen and oxygen atoms in total. The number of carbonyl (C=O) groups is 1. The number of allylic oxidation sites excluding steroid dienone is 1. The van der Waals surface area contributed by atoms with Crippen molar-refractivity contribution in [2.24, 2.45) is 0 Å². The molecule has 0 bridgehead atoms. The molecule has 2 aromatic carbocycles. The second-order valence-corrected chi connectivity index (χ2v) is 5.67. The first kappa shape index (κ1) is 18.1. The third-order valence-electron chi connectivity index (χ3n) is 3.32. The number of ether oxygens (including phenoxy) is 3. The molecule has 0 radical (unpaired) electrons. The van der Waals surface area contributed by atoms with Crippen LogP contribution in [0.2, 0.25) is 0 Å². The van der Waals surface area contributed by atoms with Crippen LogP contribution in [0.25, 0.3) is 6.08 Å². The zero-order chi connectivity index (χ0) is 17.4. The number of methoxy groups -OCH3 is 2. The van der Waals surface area contributed by atoms with E-state index in [0.29, 0.717) is 23.7 Å². The van der Waals surface area contributed by atoms with Gasteiger partial charge < -0.3 is 14.2 Å². The summed E-state index contributed by atoms with van der Waals surface area (Å²) in [5.41, 5.74) is 1.47. The number of carbonyl (C=O) groups excluding carboxylic acids is 1. The molecule has 0 saturated heterocycles. The fraction of sp³-hybridized carbons (Fsp3) is 0.211. The molecule has 24 heavy (non-hydrogen) atoms. The minimum Gasteiger partial charge on any atom is -0.493 e. The predicted octanol–water partition coefficient (Wildman–Crippen LogP) is 4.37. The Kier molecular flexibility index (Phi) is 6.88. The van der Waals surface area contributed by atoms with E-state index in [1.807, 2.05) is 12.1 Å². The molecular weight excluding hydrogens is 372 g/mol. The van der Waals surface area contributed by atoms with Crippen LogP contribution in [0.4, 0.5) is 0 Å². The number of ketones is 1. The Morgan fingerprint density at radius 3 is 2.38 bits per heavy atom. The summed E-state index contributed by atoms with van der Waals surface area (Å²) in [5.74, 6) is 1.95. The van der Waals surface area contributed by atoms with Gasteiger partial charge in [-0.3, -0.25) is 4.79 Å². The minimum atomic E-state index is -0.0724. The van der Waals surface area contributed by atoms with Gasteiger partial charge in [-0.1, -0.05) is 28.1 Å². The van der Waals surface area contributed by atoms with Gasteiger partial charge in [0.1, 0.15) is 5.75 Å². The molecule has 126 valence electrons. The second-order valence-electron chi connectivity index (χ2n) is 4.87. The van der Waals surface area contributed by atoms with Crippen LogP contribution in [0, 0.1) is 0 Å². The molecule has 0 spiro atoms. The summed E-state index contributed by atoms with van der Waals surface area (Å²) in [7, 11) is 3.16. The highest BCUT2D eigenvalue weighted by atomic mass is 79.9. The first-order valence-electron chi connectivity index (χ1n) is 7.41. The lowest BCUT2D eigenvalue weighted by Crippen LogP contribution is -1.99. The van der Waals surface area contributed by atoms with Crippen molar-refractivity contribution in [1.29, 1.82) is 0 Å². The summed E-state index contributed by atoms with van der Waals surface area (Å²) in [6.07, 6.45) is 3.29. The molecule has 0 atom stereocenters. The smallest absolute Gasteiger partial charge is 0.185 e. The molecule has 0 aromatic heterocycles. The highest BCUT2D eigenvalue weighted by Crippen LogP contribution is 2.28. The Balaban J connectivity index is 2.07. The van der Waals surface area contributed by atoms with Gasteiger partial charge in [-0.25, -0.2) is 0 Å². The predicted molar refractivity (Wildman–Crippen MR) is 98.6 cm³/mol. The summed E-state index contributed by atoms with van der Waals surface area (Å²) in [4.78, 5) is 12.2. The zero-order valence-electron chi connectivity index (χ0n) is 13.6. The highest BCUT2D eigenvalue weighted by molar-refractivity contribution is 9.09. The van der Waals surface area contributed by atoms with Crippen LogP contribution < -0.4 is 14.2 Å². The van der Waals surface area contributed by atoms with E-state index in [4.69, 9.17) is 14.2 Å². The zero-order valence-corrected chi connectivity index (χ0v) is 15.2. The van der Waals surface area contributed by atoms with Gasteiger partial charge in [0.15, 0.2) is 17.3 Å². The molecule has 0 fully saturated rings. The van der Waals surface area contributed by atoms with Crippen LogP contribution in [-0.2, 0) is 0 Å². The van der Waals surface area contributed by atoms with Crippen LogP contribution in [0.15, 0.2) is 48.5 Å². The van der Waals surface area contributed by atoms with Crippen molar-refractivity contribution >= 4 is 27.8 Å². The third-order valence-corrected chi connectivity index (χ3v) is 3.64. The molecule has 2 aromatic rings. The summed E-state index contributed by atoms with van der Waals surface area (Å²) in [6, 6.07) is 12.6. The molecule has 0 saturated carbocycles. The Bertz CT molecular complexity index is 708. The van der Waals surface area contributed by atoms with Gasteiger partial charge in [0, 0.05) is 10.9 Å². The van der Waals surface area contributed by atoms with E-state index in [1.165, 1.54) is 6.08 Å². The summed E-state index contributed by atoms with van der Waals surface area (Å²) >= 11 is 3.30. The standard InChI is InChI=1S/C19H19BrO4/c1-22-18-10-4-14(13-19(18)23-2)3-9-17(21)15-5-7-16(8-6-15)24-12-11-20/h3-10,13H,11-12H2,1-2H3/b9-3+. The third kappa shape index (κ3) is 4.86. The molecule has 0 aliphatic carbocycles. The normalized spacial score (nSPS) is 10.6. The van der Waals surface area contributed by atoms with Crippen LogP contribution in [0.5, 0.6) is 17.2 Å². The molecule has 0 amide bonds. The molecular formula is C19H19BrO4. The van der Waals surface area contributed by atoms with Crippen LogP contribution in [0.1, 0.15) is 15.9 Å². The lowest BCUT2D eigenvalue weighted by molar-refractivity contribution is 0.104. The number of rotatable bonds is 8. The molecule has 0 heterocycles. The SMILES string of the molecule is COc1ccc(/C=C/C(=O)c2ccc(OCCBr)cc2)cc1OC. The lowest BCUT2D eigenvalue weighted by atomic mass is 10.1. The van der Waals surface area contributed by atoms with E-state index in [-0.39, 0.29) is 5.78 Å². The molecule has 0 aliphatic heterocycles. The van der Waals surface area contributed by atoms with Crippen molar-refractivity contribution in [2.75, 3.05) is 26.2 Å². The van der Waals surface area contributed by atoms with E-state index >= 15 is 0 Å². The van der Waals surface area contributed by atoms with Crippen molar-refractivity contribution in [3.05, 3.63) is 59.7 Å². The van der Waals surface area contributed by atoms with Crippen LogP contribution >= 0.6 is 15.9 Å². The maximum atomic E-state index is 12.2. The minimum absolute atomic E-state index is 0.0724. The molecule has 0 aliphatic rings. The van der Waals surface area contributed by atoms with Crippen LogP contribution in [-0.4, -0.2) is 31.9 Å². The Hall–Kier alpha value is -2.27. The number of hydrogen-bond donors (Lipinski definition) is 0. The largest absolute Gasteiger partial charge is 0.493 e. The lowest BCUT2D eigenvalue weighted by Gasteiger charge is -2.07. The van der Waals surface area contributed by atoms with E-state index in [9.17, 15) is 4.79 Å². The van der Waals surface area contributed by atoms with Crippen molar-refractivity contribution in [3.8, 4) is 17.2 Å². The van der Waals surface area contributed by atoms with Crippen molar-refractivity contribution < 1.29 is 19.0 Å². The van der Waals surface area contributed by atoms with E-state index in [0.717, 1.165) is 16.6 Å². The Labute approximate surface area is 150 Å². The highest BCUT2D eigenvalue weighted by Gasteiger charge is 2.05. The molecule has 5 heteroatoms. The maximum absolute atomic E-state index is 12.2. The summed E-state index contributed by atoms with van der Waals surface area (Å²) in [6.45, 7) is 0.590. The Morgan fingerprint density at radius 1 is 1.04 bits per heavy atom. The van der Waals surface area contributed by atoms with Gasteiger partial charge in [-0.15, -0.1) is 0 Å². The Morgan fingerprint density at radius 2 is 1.75 bits per heavy atom. The van der Waals surface area contributed by atoms with Gasteiger partial charge in [-0.2, -0.15) is 0 Å². The van der Waals surface area contributed by atoms with Gasteiger partial charge in [-0.05, 0) is 48.0 Å². The quantitative estimate of drug-likeness (QED) is 0.381. The fourth-order valence-electron chi connectivity index (χ4n) is 2.10. The number of alkyl halides is 1. The second kappa shape index (κ2) is 9.13. The van der Waals surface area contributed by atoms with Gasteiger partial charge in [0.25, 0.3) is 0 Å². The van der Waals surface area contributed by atoms with Gasteiger partial charge in [0.05, 0.1) is 20.8 Å². The van der Waals surface area contributed by atoms with Crippen molar-refractivity contribution in [3.63, 3.8) is 0 Å². The first-order valence-corrected chi connectivity index (χ1v) is 8.53. The van der Waals surface area contributed by atoms with Crippen molar-refractivity contribution in [1.82, 2.24) is 0 Å². The van der Waals surface area contributed by atoms with Crippen molar-refractivity contribution in [2.45, 2.75) is 0 Å². The monoisotopic (exact) mass is 390 g/mol. The number of benzene rings is 2. The maximum Gasteiger partial charge on any atom is 0.185 e. The van der Waals surface area contributed by atoms with Gasteiger partial charge >= 0.3 is 0 Å². The van der Waals surface area contributed by atoms with E-state index in [1.54, 1.807) is 50.6 Å². The van der Waals surface area contributed by atoms with Crippen LogP contribution in [0.3, 0.4) is 0 Å². The summed E-state index contributed by atoms with van der Waals surface area (Å²) in [5, 5.41) is 0.766. The number of hydrogen-bond acceptors (Lipinski definition) is 4.